The van der Waals surface area contributed by atoms with Crippen molar-refractivity contribution in [2.75, 3.05) is 0 Å². The van der Waals surface area contributed by atoms with Crippen LogP contribution in [0.4, 0.5) is 0 Å². The fourth-order valence-electron chi connectivity index (χ4n) is 0. The van der Waals surface area contributed by atoms with Gasteiger partial charge in [-0.1, -0.05) is 0 Å². The second-order valence-electron chi connectivity index (χ2n) is 0.385. The van der Waals surface area contributed by atoms with Gasteiger partial charge in [0.25, 0.3) is 0 Å². The fraction of sp³-hybridized carbons (Fsp3) is 0. The summed E-state index contributed by atoms with van der Waals surface area (Å²) in [7, 11) is 0. The number of hydrogen-bond acceptors (Lipinski definition) is 0. The molecule has 5 radical (unpaired) electrons. The molecule has 0 spiro atoms. The van der Waals surface area contributed by atoms with Crippen molar-refractivity contribution in [1.82, 2.24) is 0 Å². The van der Waals surface area contributed by atoms with E-state index >= 15 is 0 Å². The van der Waals surface area contributed by atoms with Crippen LogP contribution in [-0.2, 0) is 164 Å². The van der Waals surface area contributed by atoms with Gasteiger partial charge < -0.3 is 25.3 Å². The molecule has 0 aromatic carbocycles. The van der Waals surface area contributed by atoms with Crippen LogP contribution in [0.2, 0.25) is 0 Å². The normalized spacial score (nSPS) is 2.22. The maximum atomic E-state index is 4.72. The molecule has 0 amide bonds. The minimum atomic E-state index is 0. The zero-order valence-corrected chi connectivity index (χ0v) is 19.4. The average molecular weight is 497 g/mol. The van der Waals surface area contributed by atoms with E-state index in [4.69, 9.17) is 13.2 Å². The molecule has 0 saturated carbocycles. The molecule has 0 atom stereocenters. The predicted molar refractivity (Wildman–Crippen MR) is 17.7 cm³/mol. The Bertz CT molecular complexity index is 29.9. The van der Waals surface area contributed by atoms with Gasteiger partial charge in [0.05, 0.1) is 0 Å². The summed E-state index contributed by atoms with van der Waals surface area (Å²) in [6.07, 6.45) is 2.56. The van der Waals surface area contributed by atoms with E-state index in [9.17, 15) is 0 Å². The first-order chi connectivity index (χ1) is 1.91. The summed E-state index contributed by atoms with van der Waals surface area (Å²) in [5, 5.41) is 0. The summed E-state index contributed by atoms with van der Waals surface area (Å²) in [6.45, 7) is 9.44. The molecule has 0 heterocycles. The van der Waals surface area contributed by atoms with Crippen LogP contribution in [0, 0.1) is 13.2 Å². The van der Waals surface area contributed by atoms with Gasteiger partial charge in [0.2, 0.25) is 0 Å². The predicted octanol–water partition coefficient (Wildman–Crippen LogP) is 0.952. The third kappa shape index (κ3) is 43.7. The zero-order valence-electron chi connectivity index (χ0n) is 5.20. The summed E-state index contributed by atoms with van der Waals surface area (Å²) in [5.41, 5.74) is 0. The molecule has 0 aromatic rings. The number of rotatable bonds is 1. The average Bonchev–Trinajstić information content (AvgIpc) is 1.37. The zero-order chi connectivity index (χ0) is 3.41. The topological polar surface area (TPSA) is 0 Å². The second kappa shape index (κ2) is 38.2. The summed E-state index contributed by atoms with van der Waals surface area (Å²) < 4.78 is 0. The molecule has 0 fully saturated rings. The van der Waals surface area contributed by atoms with Crippen molar-refractivity contribution < 1.29 is 164 Å². The van der Waals surface area contributed by atoms with Gasteiger partial charge in [-0.05, 0) is 0 Å². The van der Waals surface area contributed by atoms with Crippen LogP contribution in [0.1, 0.15) is 0 Å². The van der Waals surface area contributed by atoms with Crippen LogP contribution < -0.4 is 0 Å². The first-order valence-electron chi connectivity index (χ1n) is 1.00. The van der Waals surface area contributed by atoms with Crippen molar-refractivity contribution in [2.24, 2.45) is 0 Å². The molecule has 0 saturated heterocycles. The maximum Gasteiger partial charge on any atom is 0 e. The maximum absolute atomic E-state index is 4.72. The molecule has 0 aliphatic heterocycles. The van der Waals surface area contributed by atoms with Gasteiger partial charge in [0, 0.05) is 164 Å². The summed E-state index contributed by atoms with van der Waals surface area (Å²) >= 11 is 0. The quantitative estimate of drug-likeness (QED) is 0.375. The van der Waals surface area contributed by atoms with E-state index in [2.05, 4.69) is 0 Å². The Labute approximate surface area is 183 Å². The van der Waals surface area contributed by atoms with Gasteiger partial charge in [-0.25, -0.2) is 0 Å². The van der Waals surface area contributed by atoms with Gasteiger partial charge in [-0.2, -0.15) is 0 Å². The minimum Gasteiger partial charge on any atom is -0.394 e. The van der Waals surface area contributed by atoms with Gasteiger partial charge in [0.15, 0.2) is 0 Å². The van der Waals surface area contributed by atoms with Crippen molar-refractivity contribution in [1.29, 1.82) is 0 Å². The first kappa shape index (κ1) is 37.0. The Hall–Kier alpha value is 5.00. The van der Waals surface area contributed by atoms with Crippen molar-refractivity contribution in [3.8, 4) is 0 Å². The summed E-state index contributed by atoms with van der Waals surface area (Å²) in [4.78, 5) is 0. The van der Waals surface area contributed by atoms with Gasteiger partial charge in [-0.3, -0.25) is 0 Å². The molecule has 5 heteroatoms. The van der Waals surface area contributed by atoms with Crippen molar-refractivity contribution in [3.05, 3.63) is 25.3 Å². The molecule has 0 bridgehead atoms. The molecule has 0 nitrogen and oxygen atoms in total. The molecule has 0 aliphatic rings. The first-order valence-corrected chi connectivity index (χ1v) is 1.00. The van der Waals surface area contributed by atoms with E-state index in [1.165, 1.54) is 12.2 Å². The molecule has 0 unspecified atom stereocenters. The van der Waals surface area contributed by atoms with E-state index in [0.29, 0.717) is 0 Å². The monoisotopic (exact) mass is 497 g/mol. The molecule has 0 aliphatic carbocycles. The molecular formula is C4H4Y5-2. The largest absolute Gasteiger partial charge is 0.394 e. The van der Waals surface area contributed by atoms with Crippen LogP contribution in [0.5, 0.6) is 0 Å². The molecule has 0 N–H and O–H groups in total. The van der Waals surface area contributed by atoms with Gasteiger partial charge >= 0.3 is 0 Å². The van der Waals surface area contributed by atoms with E-state index < -0.39 is 0 Å². The SMILES string of the molecule is [CH-]=CC=[CH-].[Y].[Y].[Y].[Y].[Y]. The van der Waals surface area contributed by atoms with Crippen LogP contribution >= 0.6 is 0 Å². The Kier molecular flexibility index (Phi) is 157. The van der Waals surface area contributed by atoms with E-state index in [1.807, 2.05) is 0 Å². The third-order valence-electron chi connectivity index (χ3n) is 0.111. The van der Waals surface area contributed by atoms with E-state index in [1.54, 1.807) is 0 Å². The molecular weight excluding hydrogens is 493 g/mol. The summed E-state index contributed by atoms with van der Waals surface area (Å²) in [6, 6.07) is 0. The van der Waals surface area contributed by atoms with Crippen LogP contribution in [0.3, 0.4) is 0 Å². The Morgan fingerprint density at radius 1 is 0.556 bits per heavy atom. The van der Waals surface area contributed by atoms with E-state index in [-0.39, 0.29) is 164 Å². The standard InChI is InChI=1S/C4H4.5Y/c1-3-4-2;;;;;/h1-4H;;;;;/q-2;;;;;. The number of hydrogen-bond donors (Lipinski definition) is 0. The Morgan fingerprint density at radius 3 is 0.667 bits per heavy atom. The van der Waals surface area contributed by atoms with Crippen LogP contribution in [0.25, 0.3) is 0 Å². The Morgan fingerprint density at radius 2 is 0.667 bits per heavy atom. The van der Waals surface area contributed by atoms with Crippen molar-refractivity contribution in [2.45, 2.75) is 0 Å². The van der Waals surface area contributed by atoms with E-state index in [0.717, 1.165) is 0 Å². The van der Waals surface area contributed by atoms with Crippen LogP contribution in [-0.4, -0.2) is 0 Å². The van der Waals surface area contributed by atoms with Gasteiger partial charge in [-0.15, -0.1) is 0 Å². The number of allylic oxidation sites excluding steroid dienone is 2. The molecule has 0 rings (SSSR count). The summed E-state index contributed by atoms with van der Waals surface area (Å²) in [5.74, 6) is 0. The molecule has 9 heavy (non-hydrogen) atoms. The van der Waals surface area contributed by atoms with Crippen molar-refractivity contribution >= 4 is 0 Å². The van der Waals surface area contributed by atoms with Crippen molar-refractivity contribution in [3.63, 3.8) is 0 Å². The Balaban J connectivity index is -0.00000000450. The molecule has 37 valence electrons. The third-order valence-corrected chi connectivity index (χ3v) is 0.111. The molecule has 0 aromatic heterocycles. The second-order valence-corrected chi connectivity index (χ2v) is 0.385. The van der Waals surface area contributed by atoms with Crippen LogP contribution in [0.15, 0.2) is 12.2 Å². The minimum absolute atomic E-state index is 0. The smallest absolute Gasteiger partial charge is 0 e. The van der Waals surface area contributed by atoms with Gasteiger partial charge in [0.1, 0.15) is 0 Å². The fourth-order valence-corrected chi connectivity index (χ4v) is 0.